The zero-order valence-electron chi connectivity index (χ0n) is 15.4. The second kappa shape index (κ2) is 7.42. The number of aromatic carboxylic acids is 1. The minimum atomic E-state index is -1.37. The molecule has 0 spiro atoms. The Balaban J connectivity index is 1.73. The molecule has 0 aliphatic rings. The van der Waals surface area contributed by atoms with Gasteiger partial charge in [-0.1, -0.05) is 12.1 Å². The van der Waals surface area contributed by atoms with E-state index in [1.807, 2.05) is 0 Å². The molecule has 0 amide bonds. The number of benzene rings is 1. The average molecular weight is 430 g/mol. The molecule has 0 unspecified atom stereocenters. The van der Waals surface area contributed by atoms with Gasteiger partial charge in [-0.2, -0.15) is 5.10 Å². The summed E-state index contributed by atoms with van der Waals surface area (Å²) in [4.78, 5) is 24.5. The highest BCUT2D eigenvalue weighted by Crippen LogP contribution is 2.36. The van der Waals surface area contributed by atoms with Gasteiger partial charge in [-0.15, -0.1) is 11.3 Å². The lowest BCUT2D eigenvalue weighted by atomic mass is 10.0. The number of halogens is 3. The summed E-state index contributed by atoms with van der Waals surface area (Å²) in [5.74, 6) is -4.64. The van der Waals surface area contributed by atoms with Crippen LogP contribution in [0.4, 0.5) is 13.2 Å². The fourth-order valence-corrected chi connectivity index (χ4v) is 4.24. The summed E-state index contributed by atoms with van der Waals surface area (Å²) in [6, 6.07) is 6.61. The molecule has 4 aromatic rings. The van der Waals surface area contributed by atoms with Crippen LogP contribution in [0.15, 0.2) is 41.9 Å². The van der Waals surface area contributed by atoms with Gasteiger partial charge in [0.25, 0.3) is 0 Å². The Bertz CT molecular complexity index is 1330. The van der Waals surface area contributed by atoms with Gasteiger partial charge in [0.05, 0.1) is 10.4 Å². The number of pyridine rings is 1. The molecule has 3 aromatic heterocycles. The molecule has 9 heteroatoms. The molecule has 0 atom stereocenters. The van der Waals surface area contributed by atoms with Crippen molar-refractivity contribution in [3.63, 3.8) is 0 Å². The Morgan fingerprint density at radius 1 is 1.17 bits per heavy atom. The van der Waals surface area contributed by atoms with Crippen LogP contribution < -0.4 is 0 Å². The number of carboxylic acid groups (broad SMARTS) is 1. The van der Waals surface area contributed by atoms with Gasteiger partial charge in [0, 0.05) is 18.2 Å². The van der Waals surface area contributed by atoms with E-state index >= 15 is 0 Å². The number of rotatable bonds is 5. The number of aryl methyl sites for hydroxylation is 1. The van der Waals surface area contributed by atoms with E-state index in [0.29, 0.717) is 0 Å². The van der Waals surface area contributed by atoms with Crippen LogP contribution in [0.2, 0.25) is 0 Å². The molecule has 0 saturated carbocycles. The van der Waals surface area contributed by atoms with E-state index in [-0.39, 0.29) is 44.8 Å². The van der Waals surface area contributed by atoms with Crippen LogP contribution in [0.25, 0.3) is 16.0 Å². The summed E-state index contributed by atoms with van der Waals surface area (Å²) in [5, 5.41) is 15.1. The molecular weight excluding hydrogens is 417 g/mol. The maximum Gasteiger partial charge on any atom is 0.337 e. The summed E-state index contributed by atoms with van der Waals surface area (Å²) in [6.45, 7) is 1.40. The third-order valence-corrected chi connectivity index (χ3v) is 5.75. The second-order valence-corrected chi connectivity index (χ2v) is 7.52. The van der Waals surface area contributed by atoms with Gasteiger partial charge >= 0.3 is 5.97 Å². The summed E-state index contributed by atoms with van der Waals surface area (Å²) in [5.41, 5.74) is -0.136. The van der Waals surface area contributed by atoms with Crippen molar-refractivity contribution in [1.29, 1.82) is 0 Å². The molecule has 0 aliphatic heterocycles. The molecule has 1 N–H and O–H groups in total. The van der Waals surface area contributed by atoms with Crippen LogP contribution in [0.3, 0.4) is 0 Å². The van der Waals surface area contributed by atoms with Crippen LogP contribution in [-0.2, 0) is 6.42 Å². The Kier molecular flexibility index (Phi) is 4.90. The predicted molar refractivity (Wildman–Crippen MR) is 105 cm³/mol. The van der Waals surface area contributed by atoms with E-state index in [1.54, 1.807) is 0 Å². The Morgan fingerprint density at radius 3 is 2.63 bits per heavy atom. The zero-order chi connectivity index (χ0) is 21.6. The van der Waals surface area contributed by atoms with Crippen molar-refractivity contribution in [2.75, 3.05) is 0 Å². The first kappa shape index (κ1) is 19.8. The number of carbonyl (C=O) groups is 2. The molecule has 152 valence electrons. The summed E-state index contributed by atoms with van der Waals surface area (Å²) >= 11 is 0.906. The standard InChI is InChI=1S/C21H13F3N2O3S/c1-10-4-5-12(19(24)18(10)23)20-17(21(28)29)11(9-30-20)7-16(27)14-8-15-13(22)3-2-6-26(15)25-14/h2-6,8-9H,7H2,1H3,(H,28,29). The fourth-order valence-electron chi connectivity index (χ4n) is 3.16. The topological polar surface area (TPSA) is 71.7 Å². The molecular formula is C21H13F3N2O3S. The number of ketones is 1. The molecule has 3 heterocycles. The van der Waals surface area contributed by atoms with Gasteiger partial charge < -0.3 is 5.11 Å². The SMILES string of the molecule is Cc1ccc(-c2scc(CC(=O)c3cc4c(F)cccn4n3)c2C(=O)O)c(F)c1F. The van der Waals surface area contributed by atoms with Crippen molar-refractivity contribution >= 4 is 28.6 Å². The lowest BCUT2D eigenvalue weighted by molar-refractivity contribution is 0.0697. The third-order valence-electron chi connectivity index (χ3n) is 4.69. The summed E-state index contributed by atoms with van der Waals surface area (Å²) in [7, 11) is 0. The number of aromatic nitrogens is 2. The Labute approximate surface area is 172 Å². The molecule has 4 rings (SSSR count). The van der Waals surface area contributed by atoms with Crippen LogP contribution in [0, 0.1) is 24.4 Å². The number of thiophene rings is 1. The van der Waals surface area contributed by atoms with E-state index in [1.165, 1.54) is 53.3 Å². The fraction of sp³-hybridized carbons (Fsp3) is 0.0952. The first-order valence-corrected chi connectivity index (χ1v) is 9.61. The summed E-state index contributed by atoms with van der Waals surface area (Å²) in [6.07, 6.45) is 1.15. The van der Waals surface area contributed by atoms with Gasteiger partial charge in [-0.3, -0.25) is 4.79 Å². The van der Waals surface area contributed by atoms with Gasteiger partial charge in [-0.05, 0) is 41.6 Å². The molecule has 0 saturated heterocycles. The monoisotopic (exact) mass is 430 g/mol. The molecule has 0 fully saturated rings. The van der Waals surface area contributed by atoms with Gasteiger partial charge in [-0.25, -0.2) is 22.5 Å². The zero-order valence-corrected chi connectivity index (χ0v) is 16.3. The van der Waals surface area contributed by atoms with E-state index in [0.717, 1.165) is 11.3 Å². The van der Waals surface area contributed by atoms with Crippen molar-refractivity contribution in [2.24, 2.45) is 0 Å². The number of hydrogen-bond donors (Lipinski definition) is 1. The van der Waals surface area contributed by atoms with E-state index in [2.05, 4.69) is 5.10 Å². The highest BCUT2D eigenvalue weighted by molar-refractivity contribution is 7.14. The van der Waals surface area contributed by atoms with Gasteiger partial charge in [0.1, 0.15) is 17.0 Å². The number of hydrogen-bond acceptors (Lipinski definition) is 4. The average Bonchev–Trinajstić information content (AvgIpc) is 3.31. The summed E-state index contributed by atoms with van der Waals surface area (Å²) < 4.78 is 43.4. The Morgan fingerprint density at radius 2 is 1.93 bits per heavy atom. The number of carbonyl (C=O) groups excluding carboxylic acids is 1. The Hall–Kier alpha value is -3.46. The molecule has 1 aromatic carbocycles. The molecule has 0 aliphatic carbocycles. The largest absolute Gasteiger partial charge is 0.478 e. The maximum atomic E-state index is 14.4. The quantitative estimate of drug-likeness (QED) is 0.457. The first-order chi connectivity index (χ1) is 14.3. The van der Waals surface area contributed by atoms with Crippen molar-refractivity contribution in [3.8, 4) is 10.4 Å². The molecule has 0 bridgehead atoms. The van der Waals surface area contributed by atoms with E-state index in [4.69, 9.17) is 0 Å². The first-order valence-electron chi connectivity index (χ1n) is 8.73. The smallest absolute Gasteiger partial charge is 0.337 e. The minimum absolute atomic E-state index is 0.0164. The normalized spacial score (nSPS) is 11.2. The molecule has 0 radical (unpaired) electrons. The van der Waals surface area contributed by atoms with Gasteiger partial charge in [0.15, 0.2) is 17.4 Å². The van der Waals surface area contributed by atoms with E-state index < -0.39 is 29.2 Å². The van der Waals surface area contributed by atoms with Crippen LogP contribution in [0.1, 0.15) is 32.0 Å². The predicted octanol–water partition coefficient (Wildman–Crippen LogP) is 4.91. The van der Waals surface area contributed by atoms with Gasteiger partial charge in [0.2, 0.25) is 0 Å². The second-order valence-electron chi connectivity index (χ2n) is 6.64. The van der Waals surface area contributed by atoms with Crippen molar-refractivity contribution < 1.29 is 27.9 Å². The van der Waals surface area contributed by atoms with Crippen LogP contribution in [0.5, 0.6) is 0 Å². The highest BCUT2D eigenvalue weighted by atomic mass is 32.1. The van der Waals surface area contributed by atoms with Crippen LogP contribution in [-0.4, -0.2) is 26.5 Å². The number of nitrogens with zero attached hydrogens (tertiary/aromatic N) is 2. The van der Waals surface area contributed by atoms with Crippen molar-refractivity contribution in [3.05, 3.63) is 81.7 Å². The number of fused-ring (bicyclic) bond motifs is 1. The number of Topliss-reactive ketones (excluding diaryl/α,β-unsaturated/α-hetero) is 1. The maximum absolute atomic E-state index is 14.4. The van der Waals surface area contributed by atoms with Crippen LogP contribution >= 0.6 is 11.3 Å². The third kappa shape index (κ3) is 3.26. The molecule has 5 nitrogen and oxygen atoms in total. The minimum Gasteiger partial charge on any atom is -0.478 e. The lowest BCUT2D eigenvalue weighted by Crippen LogP contribution is -2.09. The lowest BCUT2D eigenvalue weighted by Gasteiger charge is -2.06. The molecule has 30 heavy (non-hydrogen) atoms. The number of carboxylic acids is 1. The van der Waals surface area contributed by atoms with Crippen molar-refractivity contribution in [2.45, 2.75) is 13.3 Å². The highest BCUT2D eigenvalue weighted by Gasteiger charge is 2.25. The van der Waals surface area contributed by atoms with Crippen molar-refractivity contribution in [1.82, 2.24) is 9.61 Å². The van der Waals surface area contributed by atoms with E-state index in [9.17, 15) is 27.9 Å².